The molecule has 0 aromatic heterocycles. The number of carbonyl (C=O) groups is 1. The van der Waals surface area contributed by atoms with Gasteiger partial charge in [-0.1, -0.05) is 6.92 Å². The quantitative estimate of drug-likeness (QED) is 0.571. The molecule has 0 spiro atoms. The van der Waals surface area contributed by atoms with E-state index in [4.69, 9.17) is 21.1 Å². The van der Waals surface area contributed by atoms with E-state index in [-0.39, 0.29) is 5.92 Å². The maximum atomic E-state index is 12.2. The summed E-state index contributed by atoms with van der Waals surface area (Å²) in [6.07, 6.45) is 5.29. The van der Waals surface area contributed by atoms with Gasteiger partial charge in [-0.25, -0.2) is 0 Å². The minimum atomic E-state index is -0.641. The molecular formula is C14H23ClO3. The summed E-state index contributed by atoms with van der Waals surface area (Å²) in [4.78, 5) is 12.2. The van der Waals surface area contributed by atoms with Crippen LogP contribution >= 0.6 is 11.6 Å². The Hall–Kier alpha value is -0.120. The third kappa shape index (κ3) is 3.06. The van der Waals surface area contributed by atoms with E-state index in [1.54, 1.807) is 0 Å². The zero-order chi connectivity index (χ0) is 13.0. The lowest BCUT2D eigenvalue weighted by Gasteiger charge is -2.38. The van der Waals surface area contributed by atoms with Gasteiger partial charge in [-0.3, -0.25) is 4.79 Å². The van der Waals surface area contributed by atoms with Gasteiger partial charge in [0.1, 0.15) is 5.78 Å². The van der Waals surface area contributed by atoms with Crippen LogP contribution in [0.25, 0.3) is 0 Å². The zero-order valence-electron chi connectivity index (χ0n) is 11.1. The highest BCUT2D eigenvalue weighted by Crippen LogP contribution is 2.41. The van der Waals surface area contributed by atoms with Crippen molar-refractivity contribution in [3.8, 4) is 0 Å². The SMILES string of the molecule is CC1CCC(=O)C(C2(CCCCCl)OCCO2)C1. The number of ether oxygens (including phenoxy) is 2. The van der Waals surface area contributed by atoms with Crippen LogP contribution in [0.1, 0.15) is 45.4 Å². The van der Waals surface area contributed by atoms with Crippen molar-refractivity contribution in [3.05, 3.63) is 0 Å². The molecule has 1 aliphatic heterocycles. The smallest absolute Gasteiger partial charge is 0.178 e. The Bertz CT molecular complexity index is 287. The minimum Gasteiger partial charge on any atom is -0.347 e. The van der Waals surface area contributed by atoms with Gasteiger partial charge in [0.25, 0.3) is 0 Å². The maximum absolute atomic E-state index is 12.2. The second-order valence-electron chi connectivity index (χ2n) is 5.55. The van der Waals surface area contributed by atoms with Crippen LogP contribution in [0.5, 0.6) is 0 Å². The molecule has 2 rings (SSSR count). The Morgan fingerprint density at radius 1 is 1.33 bits per heavy atom. The molecule has 0 amide bonds. The molecule has 1 saturated carbocycles. The molecule has 0 N–H and O–H groups in total. The van der Waals surface area contributed by atoms with E-state index in [1.165, 1.54) is 0 Å². The Labute approximate surface area is 114 Å². The second kappa shape index (κ2) is 6.36. The molecule has 0 aromatic carbocycles. The van der Waals surface area contributed by atoms with Crippen molar-refractivity contribution in [3.63, 3.8) is 0 Å². The van der Waals surface area contributed by atoms with Gasteiger partial charge in [0, 0.05) is 18.7 Å². The predicted molar refractivity (Wildman–Crippen MR) is 70.7 cm³/mol. The molecule has 2 unspecified atom stereocenters. The summed E-state index contributed by atoms with van der Waals surface area (Å²) in [5, 5.41) is 0. The highest BCUT2D eigenvalue weighted by atomic mass is 35.5. The lowest BCUT2D eigenvalue weighted by atomic mass is 9.75. The monoisotopic (exact) mass is 274 g/mol. The van der Waals surface area contributed by atoms with Gasteiger partial charge in [0.05, 0.1) is 19.1 Å². The standard InChI is InChI=1S/C14H23ClO3/c1-11-4-5-13(16)12(10-11)14(6-2-3-7-15)17-8-9-18-14/h11-12H,2-10H2,1H3. The van der Waals surface area contributed by atoms with Crippen molar-refractivity contribution in [2.45, 2.75) is 51.2 Å². The fraction of sp³-hybridized carbons (Fsp3) is 0.929. The first kappa shape index (κ1) is 14.3. The molecule has 1 heterocycles. The molecule has 3 nitrogen and oxygen atoms in total. The van der Waals surface area contributed by atoms with Crippen LogP contribution in [0.15, 0.2) is 0 Å². The molecule has 2 fully saturated rings. The van der Waals surface area contributed by atoms with E-state index < -0.39 is 5.79 Å². The molecule has 1 saturated heterocycles. The topological polar surface area (TPSA) is 35.5 Å². The molecule has 1 aliphatic carbocycles. The highest BCUT2D eigenvalue weighted by molar-refractivity contribution is 6.17. The third-order valence-electron chi connectivity index (χ3n) is 4.13. The average molecular weight is 275 g/mol. The molecule has 18 heavy (non-hydrogen) atoms. The number of rotatable bonds is 5. The van der Waals surface area contributed by atoms with Gasteiger partial charge >= 0.3 is 0 Å². The number of Topliss-reactive ketones (excluding diaryl/α,β-unsaturated/α-hetero) is 1. The molecule has 0 radical (unpaired) electrons. The summed E-state index contributed by atoms with van der Waals surface area (Å²) in [6, 6.07) is 0. The third-order valence-corrected chi connectivity index (χ3v) is 4.39. The van der Waals surface area contributed by atoms with Crippen molar-refractivity contribution in [1.29, 1.82) is 0 Å². The summed E-state index contributed by atoms with van der Waals surface area (Å²) in [5.41, 5.74) is 0. The van der Waals surface area contributed by atoms with Gasteiger partial charge in [0.15, 0.2) is 5.79 Å². The van der Waals surface area contributed by atoms with Crippen LogP contribution in [0.3, 0.4) is 0 Å². The van der Waals surface area contributed by atoms with Crippen molar-refractivity contribution in [1.82, 2.24) is 0 Å². The molecular weight excluding hydrogens is 252 g/mol. The van der Waals surface area contributed by atoms with Gasteiger partial charge in [-0.2, -0.15) is 0 Å². The molecule has 0 bridgehead atoms. The first-order valence-electron chi connectivity index (χ1n) is 7.04. The van der Waals surface area contributed by atoms with Crippen molar-refractivity contribution in [2.75, 3.05) is 19.1 Å². The van der Waals surface area contributed by atoms with E-state index in [1.807, 2.05) is 0 Å². The van der Waals surface area contributed by atoms with Gasteiger partial charge in [0.2, 0.25) is 0 Å². The maximum Gasteiger partial charge on any atom is 0.178 e. The number of hydrogen-bond donors (Lipinski definition) is 0. The summed E-state index contributed by atoms with van der Waals surface area (Å²) in [5.74, 6) is 0.855. The Morgan fingerprint density at radius 2 is 2.06 bits per heavy atom. The number of ketones is 1. The van der Waals surface area contributed by atoms with Crippen LogP contribution in [0.2, 0.25) is 0 Å². The van der Waals surface area contributed by atoms with Crippen LogP contribution in [-0.2, 0) is 14.3 Å². The normalized spacial score (nSPS) is 31.8. The Kier molecular flexibility index (Phi) is 5.05. The van der Waals surface area contributed by atoms with E-state index in [0.717, 1.165) is 32.1 Å². The van der Waals surface area contributed by atoms with Crippen LogP contribution < -0.4 is 0 Å². The predicted octanol–water partition coefficient (Wildman–Crippen LogP) is 3.14. The van der Waals surface area contributed by atoms with Crippen LogP contribution in [-0.4, -0.2) is 30.7 Å². The zero-order valence-corrected chi connectivity index (χ0v) is 11.9. The fourth-order valence-corrected chi connectivity index (χ4v) is 3.28. The lowest BCUT2D eigenvalue weighted by molar-refractivity contribution is -0.207. The summed E-state index contributed by atoms with van der Waals surface area (Å²) >= 11 is 5.72. The summed E-state index contributed by atoms with van der Waals surface area (Å²) in [7, 11) is 0. The average Bonchev–Trinajstić information content (AvgIpc) is 2.82. The second-order valence-corrected chi connectivity index (χ2v) is 5.93. The van der Waals surface area contributed by atoms with Gasteiger partial charge in [-0.05, 0) is 31.6 Å². The highest BCUT2D eigenvalue weighted by Gasteiger charge is 2.48. The van der Waals surface area contributed by atoms with Crippen molar-refractivity contribution in [2.24, 2.45) is 11.8 Å². The van der Waals surface area contributed by atoms with Crippen molar-refractivity contribution >= 4 is 17.4 Å². The van der Waals surface area contributed by atoms with E-state index in [9.17, 15) is 4.79 Å². The van der Waals surface area contributed by atoms with Crippen LogP contribution in [0, 0.1) is 11.8 Å². The fourth-order valence-electron chi connectivity index (χ4n) is 3.10. The van der Waals surface area contributed by atoms with Crippen molar-refractivity contribution < 1.29 is 14.3 Å². The molecule has 2 atom stereocenters. The van der Waals surface area contributed by atoms with Gasteiger partial charge < -0.3 is 9.47 Å². The minimum absolute atomic E-state index is 0.0703. The molecule has 4 heteroatoms. The summed E-state index contributed by atoms with van der Waals surface area (Å²) in [6.45, 7) is 3.43. The number of unbranched alkanes of at least 4 members (excludes halogenated alkanes) is 1. The number of alkyl halides is 1. The number of halogens is 1. The van der Waals surface area contributed by atoms with Gasteiger partial charge in [-0.15, -0.1) is 11.6 Å². The van der Waals surface area contributed by atoms with E-state index in [0.29, 0.717) is 37.2 Å². The molecule has 2 aliphatic rings. The number of carbonyl (C=O) groups excluding carboxylic acids is 1. The largest absolute Gasteiger partial charge is 0.347 e. The first-order valence-corrected chi connectivity index (χ1v) is 7.58. The Balaban J connectivity index is 2.05. The molecule has 104 valence electrons. The molecule has 0 aromatic rings. The van der Waals surface area contributed by atoms with Crippen LogP contribution in [0.4, 0.5) is 0 Å². The first-order chi connectivity index (χ1) is 8.68. The Morgan fingerprint density at radius 3 is 2.72 bits per heavy atom. The number of hydrogen-bond acceptors (Lipinski definition) is 3. The van der Waals surface area contributed by atoms with E-state index >= 15 is 0 Å². The summed E-state index contributed by atoms with van der Waals surface area (Å²) < 4.78 is 11.7. The van der Waals surface area contributed by atoms with E-state index in [2.05, 4.69) is 6.92 Å². The lowest BCUT2D eigenvalue weighted by Crippen LogP contribution is -2.46.